The van der Waals surface area contributed by atoms with Crippen LogP contribution in [0.25, 0.3) is 0 Å². The predicted molar refractivity (Wildman–Crippen MR) is 67.5 cm³/mol. The number of halogens is 3. The number of rotatable bonds is 8. The van der Waals surface area contributed by atoms with Gasteiger partial charge in [-0.3, -0.25) is 4.79 Å². The van der Waals surface area contributed by atoms with Crippen LogP contribution in [0.2, 0.25) is 0 Å². The molecule has 3 atom stereocenters. The first-order chi connectivity index (χ1) is 8.73. The second-order valence-electron chi connectivity index (χ2n) is 4.83. The summed E-state index contributed by atoms with van der Waals surface area (Å²) in [7, 11) is 0. The van der Waals surface area contributed by atoms with Crippen molar-refractivity contribution < 1.29 is 22.7 Å². The molecule has 0 heterocycles. The first-order valence-corrected chi connectivity index (χ1v) is 6.76. The lowest BCUT2D eigenvalue weighted by molar-refractivity contribution is -0.179. The zero-order chi connectivity index (χ0) is 15.1. The maximum atomic E-state index is 12.7. The lowest BCUT2D eigenvalue weighted by Crippen LogP contribution is -2.47. The summed E-state index contributed by atoms with van der Waals surface area (Å²) in [5.41, 5.74) is 5.17. The first kappa shape index (κ1) is 18.2. The quantitative estimate of drug-likeness (QED) is 0.548. The molecule has 0 radical (unpaired) electrons. The molecule has 0 aromatic heterocycles. The van der Waals surface area contributed by atoms with E-state index in [1.54, 1.807) is 13.8 Å². The monoisotopic (exact) mass is 283 g/mol. The number of esters is 1. The van der Waals surface area contributed by atoms with E-state index in [9.17, 15) is 18.0 Å². The topological polar surface area (TPSA) is 52.3 Å². The third-order valence-corrected chi connectivity index (χ3v) is 3.13. The molecule has 3 nitrogen and oxygen atoms in total. The molecule has 0 rings (SSSR count). The molecule has 0 amide bonds. The van der Waals surface area contributed by atoms with Crippen molar-refractivity contribution in [2.75, 3.05) is 0 Å². The van der Waals surface area contributed by atoms with Crippen molar-refractivity contribution in [2.24, 2.45) is 11.7 Å². The van der Waals surface area contributed by atoms with Gasteiger partial charge in [-0.2, -0.15) is 13.2 Å². The standard InChI is InChI=1S/C13H24F3NO2/c1-4-6-7-8-10(11(17)13(14,15)16)12(18)19-9(3)5-2/h9-11H,4-8,17H2,1-3H3/t9?,10-,11-/m1/s1. The Labute approximate surface area is 112 Å². The SMILES string of the molecule is CCCCC[C@@H](C(=O)OC(C)CC)[C@@H](N)C(F)(F)F. The molecule has 0 saturated heterocycles. The zero-order valence-electron chi connectivity index (χ0n) is 11.8. The maximum Gasteiger partial charge on any atom is 0.404 e. The molecule has 0 saturated carbocycles. The highest BCUT2D eigenvalue weighted by atomic mass is 19.4. The van der Waals surface area contributed by atoms with Crippen LogP contribution in [0.5, 0.6) is 0 Å². The van der Waals surface area contributed by atoms with Crippen LogP contribution in [0.4, 0.5) is 13.2 Å². The van der Waals surface area contributed by atoms with Crippen molar-refractivity contribution >= 4 is 5.97 Å². The molecule has 0 aromatic carbocycles. The molecule has 19 heavy (non-hydrogen) atoms. The summed E-state index contributed by atoms with van der Waals surface area (Å²) in [6.45, 7) is 5.39. The average Bonchev–Trinajstić information content (AvgIpc) is 2.32. The molecule has 0 aliphatic heterocycles. The maximum absolute atomic E-state index is 12.7. The van der Waals surface area contributed by atoms with Crippen LogP contribution in [0.3, 0.4) is 0 Å². The van der Waals surface area contributed by atoms with Crippen molar-refractivity contribution in [3.05, 3.63) is 0 Å². The smallest absolute Gasteiger partial charge is 0.404 e. The van der Waals surface area contributed by atoms with Crippen LogP contribution in [0.15, 0.2) is 0 Å². The molecule has 1 unspecified atom stereocenters. The van der Waals surface area contributed by atoms with Gasteiger partial charge in [0, 0.05) is 0 Å². The van der Waals surface area contributed by atoms with Crippen LogP contribution in [0, 0.1) is 5.92 Å². The zero-order valence-corrected chi connectivity index (χ0v) is 11.8. The van der Waals surface area contributed by atoms with Gasteiger partial charge in [-0.25, -0.2) is 0 Å². The minimum atomic E-state index is -4.58. The van der Waals surface area contributed by atoms with Gasteiger partial charge in [0.1, 0.15) is 6.04 Å². The van der Waals surface area contributed by atoms with Crippen molar-refractivity contribution in [3.8, 4) is 0 Å². The molecular formula is C13H24F3NO2. The van der Waals surface area contributed by atoms with E-state index in [0.29, 0.717) is 12.8 Å². The molecule has 2 N–H and O–H groups in total. The molecular weight excluding hydrogens is 259 g/mol. The Morgan fingerprint density at radius 1 is 1.26 bits per heavy atom. The normalized spacial score (nSPS) is 16.8. The van der Waals surface area contributed by atoms with Crippen LogP contribution in [0.1, 0.15) is 52.9 Å². The van der Waals surface area contributed by atoms with Crippen molar-refractivity contribution in [1.82, 2.24) is 0 Å². The number of unbranched alkanes of at least 4 members (excludes halogenated alkanes) is 2. The Balaban J connectivity index is 4.70. The molecule has 0 aliphatic rings. The van der Waals surface area contributed by atoms with E-state index in [2.05, 4.69) is 0 Å². The van der Waals surface area contributed by atoms with Gasteiger partial charge in [0.2, 0.25) is 0 Å². The Morgan fingerprint density at radius 3 is 2.26 bits per heavy atom. The van der Waals surface area contributed by atoms with Gasteiger partial charge < -0.3 is 10.5 Å². The lowest BCUT2D eigenvalue weighted by atomic mass is 9.93. The molecule has 0 spiro atoms. The van der Waals surface area contributed by atoms with E-state index in [-0.39, 0.29) is 12.5 Å². The molecule has 0 aliphatic carbocycles. The molecule has 0 bridgehead atoms. The van der Waals surface area contributed by atoms with Crippen LogP contribution >= 0.6 is 0 Å². The number of nitrogens with two attached hydrogens (primary N) is 1. The molecule has 114 valence electrons. The number of hydrogen-bond donors (Lipinski definition) is 1. The Kier molecular flexibility index (Phi) is 8.06. The fraction of sp³-hybridized carbons (Fsp3) is 0.923. The van der Waals surface area contributed by atoms with Crippen molar-refractivity contribution in [1.29, 1.82) is 0 Å². The minimum Gasteiger partial charge on any atom is -0.462 e. The molecule has 0 fully saturated rings. The fourth-order valence-corrected chi connectivity index (χ4v) is 1.66. The largest absolute Gasteiger partial charge is 0.462 e. The number of carbonyl (C=O) groups is 1. The van der Waals surface area contributed by atoms with Gasteiger partial charge in [-0.05, 0) is 19.8 Å². The van der Waals surface area contributed by atoms with E-state index < -0.39 is 24.1 Å². The first-order valence-electron chi connectivity index (χ1n) is 6.76. The number of hydrogen-bond acceptors (Lipinski definition) is 3. The summed E-state index contributed by atoms with van der Waals surface area (Å²) in [5, 5.41) is 0. The summed E-state index contributed by atoms with van der Waals surface area (Å²) in [4.78, 5) is 11.8. The van der Waals surface area contributed by atoms with E-state index >= 15 is 0 Å². The van der Waals surface area contributed by atoms with Gasteiger partial charge in [0.05, 0.1) is 12.0 Å². The van der Waals surface area contributed by atoms with E-state index in [0.717, 1.165) is 12.8 Å². The summed E-state index contributed by atoms with van der Waals surface area (Å²) in [5.74, 6) is -2.14. The van der Waals surface area contributed by atoms with Gasteiger partial charge in [0.25, 0.3) is 0 Å². The van der Waals surface area contributed by atoms with Crippen LogP contribution in [-0.4, -0.2) is 24.3 Å². The van der Waals surface area contributed by atoms with Gasteiger partial charge in [0.15, 0.2) is 0 Å². The van der Waals surface area contributed by atoms with Crippen LogP contribution in [-0.2, 0) is 9.53 Å². The summed E-state index contributed by atoms with van der Waals surface area (Å²) >= 11 is 0. The van der Waals surface area contributed by atoms with E-state index in [4.69, 9.17) is 10.5 Å². The molecule has 6 heteroatoms. The van der Waals surface area contributed by atoms with Crippen LogP contribution < -0.4 is 5.73 Å². The fourth-order valence-electron chi connectivity index (χ4n) is 1.66. The summed E-state index contributed by atoms with van der Waals surface area (Å²) < 4.78 is 43.0. The second kappa shape index (κ2) is 8.40. The predicted octanol–water partition coefficient (Wildman–Crippen LogP) is 3.41. The van der Waals surface area contributed by atoms with Crippen molar-refractivity contribution in [2.45, 2.75) is 71.2 Å². The number of ether oxygens (including phenoxy) is 1. The highest BCUT2D eigenvalue weighted by molar-refractivity contribution is 5.73. The Morgan fingerprint density at radius 2 is 1.84 bits per heavy atom. The van der Waals surface area contributed by atoms with Gasteiger partial charge in [-0.15, -0.1) is 0 Å². The van der Waals surface area contributed by atoms with E-state index in [1.807, 2.05) is 6.92 Å². The summed E-state index contributed by atoms with van der Waals surface area (Å²) in [6, 6.07) is -2.15. The molecule has 0 aromatic rings. The number of carbonyl (C=O) groups excluding carboxylic acids is 1. The highest BCUT2D eigenvalue weighted by Gasteiger charge is 2.45. The highest BCUT2D eigenvalue weighted by Crippen LogP contribution is 2.28. The Hall–Kier alpha value is -0.780. The van der Waals surface area contributed by atoms with Gasteiger partial charge in [-0.1, -0.05) is 33.1 Å². The Bertz CT molecular complexity index is 269. The van der Waals surface area contributed by atoms with Crippen molar-refractivity contribution in [3.63, 3.8) is 0 Å². The van der Waals surface area contributed by atoms with E-state index in [1.165, 1.54) is 0 Å². The number of alkyl halides is 3. The third kappa shape index (κ3) is 6.80. The summed E-state index contributed by atoms with van der Waals surface area (Å²) in [6.07, 6.45) is -2.10. The average molecular weight is 283 g/mol. The lowest BCUT2D eigenvalue weighted by Gasteiger charge is -2.25. The van der Waals surface area contributed by atoms with Gasteiger partial charge >= 0.3 is 12.1 Å². The second-order valence-corrected chi connectivity index (χ2v) is 4.83. The third-order valence-electron chi connectivity index (χ3n) is 3.13. The minimum absolute atomic E-state index is 0.115.